The summed E-state index contributed by atoms with van der Waals surface area (Å²) in [5, 5.41) is 14.8. The molecule has 2 aromatic rings. The molecule has 0 bridgehead atoms. The van der Waals surface area contributed by atoms with Crippen LogP contribution in [0.3, 0.4) is 0 Å². The van der Waals surface area contributed by atoms with Crippen LogP contribution in [0, 0.1) is 5.82 Å². The van der Waals surface area contributed by atoms with Crippen LogP contribution in [-0.2, 0) is 11.3 Å². The first kappa shape index (κ1) is 17.5. The van der Waals surface area contributed by atoms with E-state index in [1.807, 2.05) is 12.3 Å². The van der Waals surface area contributed by atoms with E-state index in [4.69, 9.17) is 0 Å². The Hall–Kier alpha value is -1.83. The van der Waals surface area contributed by atoms with Crippen LogP contribution in [0.5, 0.6) is 0 Å². The number of amides is 1. The number of nitrogens with one attached hydrogen (secondary N) is 1. The largest absolute Gasteiger partial charge is 0.395 e. The number of halogens is 1. The van der Waals surface area contributed by atoms with E-state index in [-0.39, 0.29) is 24.4 Å². The molecule has 1 unspecified atom stereocenters. The number of benzene rings is 1. The number of thiazole rings is 1. The maximum Gasteiger partial charge on any atom is 0.230 e. The Morgan fingerprint density at radius 3 is 2.70 bits per heavy atom. The van der Waals surface area contributed by atoms with Crippen molar-refractivity contribution >= 4 is 28.1 Å². The van der Waals surface area contributed by atoms with E-state index in [1.165, 1.54) is 35.3 Å². The van der Waals surface area contributed by atoms with Crippen molar-refractivity contribution < 1.29 is 14.3 Å². The second kappa shape index (κ2) is 8.14. The zero-order chi connectivity index (χ0) is 16.8. The van der Waals surface area contributed by atoms with Gasteiger partial charge in [0.15, 0.2) is 5.13 Å². The summed E-state index contributed by atoms with van der Waals surface area (Å²) in [7, 11) is 0. The van der Waals surface area contributed by atoms with Crippen molar-refractivity contribution in [2.75, 3.05) is 11.5 Å². The molecule has 1 aromatic heterocycles. The molecule has 2 rings (SSSR count). The summed E-state index contributed by atoms with van der Waals surface area (Å²) in [6.45, 7) is 4.03. The van der Waals surface area contributed by atoms with Gasteiger partial charge in [0.25, 0.3) is 0 Å². The Morgan fingerprint density at radius 2 is 2.13 bits per heavy atom. The third-order valence-electron chi connectivity index (χ3n) is 3.42. The van der Waals surface area contributed by atoms with E-state index in [2.05, 4.69) is 10.3 Å². The zero-order valence-corrected chi connectivity index (χ0v) is 13.9. The number of aliphatic hydroxyl groups excluding tert-OH is 1. The Kier molecular flexibility index (Phi) is 6.20. The second-order valence-electron chi connectivity index (χ2n) is 5.12. The molecule has 0 aliphatic carbocycles. The highest BCUT2D eigenvalue weighted by Crippen LogP contribution is 2.29. The van der Waals surface area contributed by atoms with Crippen LogP contribution >= 0.6 is 11.3 Å². The summed E-state index contributed by atoms with van der Waals surface area (Å²) in [6, 6.07) is 5.76. The van der Waals surface area contributed by atoms with Crippen molar-refractivity contribution in [3.63, 3.8) is 0 Å². The lowest BCUT2D eigenvalue weighted by Crippen LogP contribution is -2.31. The van der Waals surface area contributed by atoms with Crippen molar-refractivity contribution in [2.24, 2.45) is 0 Å². The van der Waals surface area contributed by atoms with Gasteiger partial charge in [-0.05, 0) is 30.7 Å². The molecule has 0 radical (unpaired) electrons. The van der Waals surface area contributed by atoms with Crippen molar-refractivity contribution in [3.8, 4) is 0 Å². The van der Waals surface area contributed by atoms with Crippen LogP contribution in [-0.4, -0.2) is 28.6 Å². The van der Waals surface area contributed by atoms with Crippen LogP contribution in [0.1, 0.15) is 26.0 Å². The van der Waals surface area contributed by atoms with Gasteiger partial charge in [-0.15, -0.1) is 11.3 Å². The molecule has 0 saturated carbocycles. The van der Waals surface area contributed by atoms with E-state index >= 15 is 0 Å². The number of carbonyl (C=O) groups excluding carboxylic acids is 1. The van der Waals surface area contributed by atoms with Crippen molar-refractivity contribution in [1.82, 2.24) is 10.3 Å². The number of rotatable bonds is 7. The lowest BCUT2D eigenvalue weighted by atomic mass is 10.2. The van der Waals surface area contributed by atoms with Gasteiger partial charge < -0.3 is 10.4 Å². The first-order valence-corrected chi connectivity index (χ1v) is 8.28. The molecule has 0 aliphatic heterocycles. The average Bonchev–Trinajstić information content (AvgIpc) is 2.98. The van der Waals surface area contributed by atoms with Crippen LogP contribution in [0.4, 0.5) is 15.2 Å². The fourth-order valence-electron chi connectivity index (χ4n) is 2.08. The van der Waals surface area contributed by atoms with E-state index < -0.39 is 0 Å². The highest BCUT2D eigenvalue weighted by atomic mass is 32.1. The summed E-state index contributed by atoms with van der Waals surface area (Å²) in [5.41, 5.74) is 1.37. The molecule has 23 heavy (non-hydrogen) atoms. The highest BCUT2D eigenvalue weighted by Gasteiger charge is 2.18. The molecule has 5 nitrogen and oxygen atoms in total. The van der Waals surface area contributed by atoms with Gasteiger partial charge in [-0.1, -0.05) is 6.92 Å². The molecule has 1 atom stereocenters. The maximum absolute atomic E-state index is 13.1. The van der Waals surface area contributed by atoms with Crippen molar-refractivity contribution in [1.29, 1.82) is 0 Å². The first-order valence-electron chi connectivity index (χ1n) is 7.40. The Morgan fingerprint density at radius 1 is 1.43 bits per heavy atom. The monoisotopic (exact) mass is 337 g/mol. The maximum atomic E-state index is 13.1. The molecule has 7 heteroatoms. The minimum atomic E-state index is -0.351. The minimum absolute atomic E-state index is 0.0289. The fourth-order valence-corrected chi connectivity index (χ4v) is 2.97. The summed E-state index contributed by atoms with van der Waals surface area (Å²) in [6.07, 6.45) is 0.822. The van der Waals surface area contributed by atoms with Gasteiger partial charge in [-0.25, -0.2) is 9.37 Å². The minimum Gasteiger partial charge on any atom is -0.395 e. The second-order valence-corrected chi connectivity index (χ2v) is 5.96. The van der Waals surface area contributed by atoms with E-state index in [0.717, 1.165) is 12.1 Å². The first-order chi connectivity index (χ1) is 11.0. The Bertz CT molecular complexity index is 641. The van der Waals surface area contributed by atoms with Gasteiger partial charge in [0.1, 0.15) is 5.82 Å². The summed E-state index contributed by atoms with van der Waals surface area (Å²) < 4.78 is 13.1. The molecular formula is C16H20FN3O2S. The quantitative estimate of drug-likeness (QED) is 0.815. The third-order valence-corrected chi connectivity index (χ3v) is 4.29. The molecule has 0 saturated heterocycles. The Labute approximate surface area is 138 Å². The predicted molar refractivity (Wildman–Crippen MR) is 89.3 cm³/mol. The molecule has 2 N–H and O–H groups in total. The SMILES string of the molecule is CCC(CO)NCc1csc(N(C(C)=O)c2ccc(F)cc2)n1. The molecule has 1 aromatic carbocycles. The van der Waals surface area contributed by atoms with Crippen LogP contribution in [0.25, 0.3) is 0 Å². The van der Waals surface area contributed by atoms with E-state index in [9.17, 15) is 14.3 Å². The molecule has 0 spiro atoms. The van der Waals surface area contributed by atoms with E-state index in [1.54, 1.807) is 12.1 Å². The lowest BCUT2D eigenvalue weighted by molar-refractivity contribution is -0.115. The smallest absolute Gasteiger partial charge is 0.230 e. The number of hydrogen-bond acceptors (Lipinski definition) is 5. The van der Waals surface area contributed by atoms with E-state index in [0.29, 0.717) is 17.4 Å². The van der Waals surface area contributed by atoms with Crippen LogP contribution in [0.15, 0.2) is 29.6 Å². The number of aromatic nitrogens is 1. The third kappa shape index (κ3) is 4.57. The molecule has 1 heterocycles. The lowest BCUT2D eigenvalue weighted by Gasteiger charge is -2.18. The van der Waals surface area contributed by atoms with Gasteiger partial charge in [-0.2, -0.15) is 0 Å². The van der Waals surface area contributed by atoms with Gasteiger partial charge in [-0.3, -0.25) is 9.69 Å². The zero-order valence-electron chi connectivity index (χ0n) is 13.1. The van der Waals surface area contributed by atoms with Gasteiger partial charge in [0.05, 0.1) is 18.0 Å². The fraction of sp³-hybridized carbons (Fsp3) is 0.375. The molecule has 124 valence electrons. The van der Waals surface area contributed by atoms with Crippen molar-refractivity contribution in [3.05, 3.63) is 41.2 Å². The summed E-state index contributed by atoms with van der Waals surface area (Å²) in [5.74, 6) is -0.539. The molecular weight excluding hydrogens is 317 g/mol. The van der Waals surface area contributed by atoms with Gasteiger partial charge in [0.2, 0.25) is 5.91 Å². The summed E-state index contributed by atoms with van der Waals surface area (Å²) >= 11 is 1.35. The van der Waals surface area contributed by atoms with Gasteiger partial charge >= 0.3 is 0 Å². The normalized spacial score (nSPS) is 12.2. The number of aliphatic hydroxyl groups is 1. The van der Waals surface area contributed by atoms with Crippen LogP contribution in [0.2, 0.25) is 0 Å². The molecule has 0 aliphatic rings. The van der Waals surface area contributed by atoms with Crippen molar-refractivity contribution in [2.45, 2.75) is 32.9 Å². The van der Waals surface area contributed by atoms with Gasteiger partial charge in [0, 0.05) is 24.9 Å². The number of nitrogens with zero attached hydrogens (tertiary/aromatic N) is 2. The summed E-state index contributed by atoms with van der Waals surface area (Å²) in [4.78, 5) is 17.9. The number of carbonyl (C=O) groups is 1. The average molecular weight is 337 g/mol. The Balaban J connectivity index is 2.15. The standard InChI is InChI=1S/C16H20FN3O2S/c1-3-13(9-21)18-8-14-10-23-16(19-14)20(11(2)22)15-6-4-12(17)5-7-15/h4-7,10,13,18,21H,3,8-9H2,1-2H3. The predicted octanol–water partition coefficient (Wildman–Crippen LogP) is 2.83. The molecule has 1 amide bonds. The molecule has 0 fully saturated rings. The van der Waals surface area contributed by atoms with Crippen LogP contribution < -0.4 is 10.2 Å². The number of anilines is 2. The topological polar surface area (TPSA) is 65.5 Å². The number of hydrogen-bond donors (Lipinski definition) is 2. The highest BCUT2D eigenvalue weighted by molar-refractivity contribution is 7.14.